The van der Waals surface area contributed by atoms with Crippen LogP contribution in [0.5, 0.6) is 11.6 Å². The Labute approximate surface area is 193 Å². The molecule has 5 rings (SSSR count). The summed E-state index contributed by atoms with van der Waals surface area (Å²) in [6.07, 6.45) is 1.31. The van der Waals surface area contributed by atoms with Crippen LogP contribution in [0, 0.1) is 5.92 Å². The number of carbonyl (C=O) groups excluding carboxylic acids is 1. The minimum Gasteiger partial charge on any atom is -0.497 e. The number of aromatic nitrogens is 4. The van der Waals surface area contributed by atoms with Crippen molar-refractivity contribution >= 4 is 5.91 Å². The van der Waals surface area contributed by atoms with Gasteiger partial charge >= 0.3 is 6.18 Å². The second-order valence-electron chi connectivity index (χ2n) is 8.44. The third-order valence-corrected chi connectivity index (χ3v) is 6.38. The summed E-state index contributed by atoms with van der Waals surface area (Å²) in [4.78, 5) is 20.7. The Morgan fingerprint density at radius 2 is 1.91 bits per heavy atom. The van der Waals surface area contributed by atoms with E-state index in [-0.39, 0.29) is 23.9 Å². The van der Waals surface area contributed by atoms with Crippen LogP contribution in [-0.2, 0) is 6.18 Å². The van der Waals surface area contributed by atoms with Crippen LogP contribution in [0.3, 0.4) is 0 Å². The van der Waals surface area contributed by atoms with Crippen LogP contribution in [0.4, 0.5) is 13.2 Å². The molecule has 1 aliphatic carbocycles. The average Bonchev–Trinajstić information content (AvgIpc) is 3.48. The van der Waals surface area contributed by atoms with E-state index in [4.69, 9.17) is 9.47 Å². The fraction of sp³-hybridized carbons (Fsp3) is 0.391. The first-order valence-corrected chi connectivity index (χ1v) is 10.9. The van der Waals surface area contributed by atoms with Gasteiger partial charge < -0.3 is 14.4 Å². The number of alkyl halides is 3. The minimum absolute atomic E-state index is 0.113. The van der Waals surface area contributed by atoms with Gasteiger partial charge in [-0.1, -0.05) is 0 Å². The molecule has 1 saturated carbocycles. The molecule has 1 aromatic carbocycles. The second kappa shape index (κ2) is 8.62. The number of ether oxygens (including phenoxy) is 2. The fourth-order valence-electron chi connectivity index (χ4n) is 4.73. The number of amides is 1. The number of rotatable bonds is 5. The van der Waals surface area contributed by atoms with Crippen molar-refractivity contribution in [1.82, 2.24) is 24.9 Å². The Morgan fingerprint density at radius 1 is 1.12 bits per heavy atom. The number of carbonyl (C=O) groups is 1. The molecule has 0 spiro atoms. The lowest BCUT2D eigenvalue weighted by atomic mass is 9.88. The van der Waals surface area contributed by atoms with E-state index in [1.165, 1.54) is 30.4 Å². The van der Waals surface area contributed by atoms with Crippen molar-refractivity contribution in [3.8, 4) is 17.3 Å². The molecule has 2 bridgehead atoms. The summed E-state index contributed by atoms with van der Waals surface area (Å²) in [5.74, 6) is 0.845. The normalized spacial score (nSPS) is 22.0. The largest absolute Gasteiger partial charge is 0.497 e. The zero-order chi connectivity index (χ0) is 23.9. The number of fused-ring (bicyclic) bond motifs is 2. The summed E-state index contributed by atoms with van der Waals surface area (Å²) in [6, 6.07) is 7.07. The van der Waals surface area contributed by atoms with E-state index in [0.717, 1.165) is 25.1 Å². The molecule has 3 aromatic rings. The van der Waals surface area contributed by atoms with Crippen molar-refractivity contribution in [1.29, 1.82) is 0 Å². The van der Waals surface area contributed by atoms with Crippen LogP contribution in [0.2, 0.25) is 0 Å². The van der Waals surface area contributed by atoms with Gasteiger partial charge in [-0.15, -0.1) is 0 Å². The monoisotopic (exact) mass is 473 g/mol. The summed E-state index contributed by atoms with van der Waals surface area (Å²) in [5.41, 5.74) is 0.0918. The second-order valence-corrected chi connectivity index (χ2v) is 8.44. The van der Waals surface area contributed by atoms with Crippen LogP contribution in [0.25, 0.3) is 5.69 Å². The van der Waals surface area contributed by atoms with E-state index >= 15 is 0 Å². The molecule has 3 heterocycles. The maximum atomic E-state index is 13.7. The molecule has 1 saturated heterocycles. The quantitative estimate of drug-likeness (QED) is 0.561. The molecule has 178 valence electrons. The van der Waals surface area contributed by atoms with E-state index in [9.17, 15) is 18.0 Å². The fourth-order valence-corrected chi connectivity index (χ4v) is 4.73. The molecule has 2 fully saturated rings. The molecule has 2 aromatic heterocycles. The molecular formula is C23H22F3N5O3. The number of hydrogen-bond acceptors (Lipinski definition) is 6. The summed E-state index contributed by atoms with van der Waals surface area (Å²) in [6.45, 7) is 0.585. The topological polar surface area (TPSA) is 82.4 Å². The standard InChI is InChI=1S/C23H22F3N5O3/c1-33-16-4-5-17(18(11-16)31-28-8-9-29-31)22(32)30-13-14-2-6-20(19(30)10-14)34-21-7-3-15(12-27-21)23(24,25)26/h3-5,7-9,11-12,14,19-20H,2,6,10,13H2,1H3. The average molecular weight is 473 g/mol. The van der Waals surface area contributed by atoms with Gasteiger partial charge in [0, 0.05) is 24.9 Å². The molecule has 11 heteroatoms. The van der Waals surface area contributed by atoms with Crippen molar-refractivity contribution in [2.24, 2.45) is 5.92 Å². The van der Waals surface area contributed by atoms with Crippen molar-refractivity contribution in [2.75, 3.05) is 13.7 Å². The molecular weight excluding hydrogens is 451 g/mol. The van der Waals surface area contributed by atoms with Gasteiger partial charge in [0.25, 0.3) is 5.91 Å². The number of hydrogen-bond donors (Lipinski definition) is 0. The minimum atomic E-state index is -4.46. The third kappa shape index (κ3) is 4.17. The smallest absolute Gasteiger partial charge is 0.417 e. The first-order chi connectivity index (χ1) is 16.3. The third-order valence-electron chi connectivity index (χ3n) is 6.38. The Balaban J connectivity index is 1.39. The number of halogens is 3. The lowest BCUT2D eigenvalue weighted by molar-refractivity contribution is -0.137. The predicted octanol–water partition coefficient (Wildman–Crippen LogP) is 3.76. The Hall–Kier alpha value is -3.63. The summed E-state index contributed by atoms with van der Waals surface area (Å²) in [7, 11) is 1.54. The van der Waals surface area contributed by atoms with Gasteiger partial charge in [-0.05, 0) is 43.4 Å². The molecule has 2 aliphatic rings. The first kappa shape index (κ1) is 22.2. The number of nitrogens with zero attached hydrogens (tertiary/aromatic N) is 5. The highest BCUT2D eigenvalue weighted by Gasteiger charge is 2.45. The maximum absolute atomic E-state index is 13.7. The van der Waals surface area contributed by atoms with Gasteiger partial charge in [-0.3, -0.25) is 4.79 Å². The molecule has 8 nitrogen and oxygen atoms in total. The lowest BCUT2D eigenvalue weighted by Gasteiger charge is -2.33. The van der Waals surface area contributed by atoms with Crippen molar-refractivity contribution in [2.45, 2.75) is 37.6 Å². The van der Waals surface area contributed by atoms with Crippen LogP contribution in [-0.4, -0.2) is 56.6 Å². The zero-order valence-corrected chi connectivity index (χ0v) is 18.3. The number of benzene rings is 1. The molecule has 0 N–H and O–H groups in total. The molecule has 0 radical (unpaired) electrons. The number of pyridine rings is 1. The van der Waals surface area contributed by atoms with Gasteiger partial charge in [-0.2, -0.15) is 28.2 Å². The summed E-state index contributed by atoms with van der Waals surface area (Å²) < 4.78 is 49.8. The van der Waals surface area contributed by atoms with Crippen LogP contribution >= 0.6 is 0 Å². The highest BCUT2D eigenvalue weighted by molar-refractivity contribution is 5.98. The van der Waals surface area contributed by atoms with E-state index in [1.807, 2.05) is 0 Å². The van der Waals surface area contributed by atoms with Gasteiger partial charge in [0.15, 0.2) is 0 Å². The molecule has 3 unspecified atom stereocenters. The lowest BCUT2D eigenvalue weighted by Crippen LogP contribution is -2.45. The molecule has 1 aliphatic heterocycles. The predicted molar refractivity (Wildman–Crippen MR) is 114 cm³/mol. The van der Waals surface area contributed by atoms with E-state index in [0.29, 0.717) is 35.9 Å². The van der Waals surface area contributed by atoms with Crippen molar-refractivity contribution in [3.63, 3.8) is 0 Å². The van der Waals surface area contributed by atoms with E-state index in [1.54, 1.807) is 23.1 Å². The Morgan fingerprint density at radius 3 is 2.59 bits per heavy atom. The van der Waals surface area contributed by atoms with E-state index < -0.39 is 11.7 Å². The van der Waals surface area contributed by atoms with Gasteiger partial charge in [0.05, 0.1) is 36.7 Å². The zero-order valence-electron chi connectivity index (χ0n) is 18.3. The van der Waals surface area contributed by atoms with Gasteiger partial charge in [0.2, 0.25) is 5.88 Å². The summed E-state index contributed by atoms with van der Waals surface area (Å²) >= 11 is 0. The van der Waals surface area contributed by atoms with E-state index in [2.05, 4.69) is 15.2 Å². The SMILES string of the molecule is COc1ccc(C(=O)N2CC3CCC(Oc4ccc(C(F)(F)F)cn4)C2C3)c(-n2nccn2)c1. The van der Waals surface area contributed by atoms with Crippen LogP contribution < -0.4 is 9.47 Å². The Bertz CT molecular complexity index is 1170. The van der Waals surface area contributed by atoms with Gasteiger partial charge in [-0.25, -0.2) is 4.98 Å². The molecule has 1 amide bonds. The van der Waals surface area contributed by atoms with Crippen LogP contribution in [0.1, 0.15) is 35.2 Å². The van der Waals surface area contributed by atoms with Crippen molar-refractivity contribution in [3.05, 3.63) is 60.0 Å². The molecule has 34 heavy (non-hydrogen) atoms. The highest BCUT2D eigenvalue weighted by atomic mass is 19.4. The highest BCUT2D eigenvalue weighted by Crippen LogP contribution is 2.39. The number of likely N-dealkylation sites (tertiary alicyclic amines) is 1. The number of methoxy groups -OCH3 is 1. The van der Waals surface area contributed by atoms with Crippen molar-refractivity contribution < 1.29 is 27.4 Å². The summed E-state index contributed by atoms with van der Waals surface area (Å²) in [5, 5.41) is 8.32. The first-order valence-electron chi connectivity index (χ1n) is 10.9. The van der Waals surface area contributed by atoms with Gasteiger partial charge in [0.1, 0.15) is 17.5 Å². The van der Waals surface area contributed by atoms with Crippen LogP contribution in [0.15, 0.2) is 48.9 Å². The Kier molecular flexibility index (Phi) is 5.62. The molecule has 3 atom stereocenters. The maximum Gasteiger partial charge on any atom is 0.417 e.